The van der Waals surface area contributed by atoms with E-state index in [0.29, 0.717) is 23.9 Å². The predicted octanol–water partition coefficient (Wildman–Crippen LogP) is 21.3. The third kappa shape index (κ3) is 68.2. The Hall–Kier alpha value is -4.89. The van der Waals surface area contributed by atoms with E-state index in [9.17, 15) is 19.0 Å². The van der Waals surface area contributed by atoms with Crippen molar-refractivity contribution in [3.05, 3.63) is 182 Å². The van der Waals surface area contributed by atoms with Gasteiger partial charge in [-0.25, -0.2) is 0 Å². The Balaban J connectivity index is 4.19. The summed E-state index contributed by atoms with van der Waals surface area (Å²) in [5.41, 5.74) is 0. The number of rotatable bonds is 59. The van der Waals surface area contributed by atoms with Crippen LogP contribution in [0.3, 0.4) is 0 Å². The van der Waals surface area contributed by atoms with Crippen LogP contribution in [0.4, 0.5) is 0 Å². The topological polar surface area (TPSA) is 111 Å². The maximum absolute atomic E-state index is 12.8. The summed E-state index contributed by atoms with van der Waals surface area (Å²) in [6.45, 7) is 3.94. The van der Waals surface area contributed by atoms with Gasteiger partial charge in [0.1, 0.15) is 19.8 Å². The second-order valence-corrected chi connectivity index (χ2v) is 24.1. The molecule has 0 heterocycles. The van der Waals surface area contributed by atoms with Crippen molar-refractivity contribution in [3.8, 4) is 0 Å². The van der Waals surface area contributed by atoms with Gasteiger partial charge in [-0.15, -0.1) is 0 Å². The Morgan fingerprint density at radius 1 is 0.360 bits per heavy atom. The van der Waals surface area contributed by atoms with E-state index < -0.39 is 32.5 Å². The highest BCUT2D eigenvalue weighted by atomic mass is 31.2. The molecule has 2 unspecified atom stereocenters. The van der Waals surface area contributed by atoms with E-state index in [1.165, 1.54) is 64.2 Å². The highest BCUT2D eigenvalue weighted by Crippen LogP contribution is 2.38. The van der Waals surface area contributed by atoms with Crippen molar-refractivity contribution in [2.75, 3.05) is 47.5 Å². The van der Waals surface area contributed by atoms with E-state index in [2.05, 4.69) is 196 Å². The van der Waals surface area contributed by atoms with Crippen molar-refractivity contribution in [2.45, 2.75) is 238 Å². The summed E-state index contributed by atoms with van der Waals surface area (Å²) in [6.07, 6.45) is 99.6. The number of hydrogen-bond donors (Lipinski definition) is 0. The van der Waals surface area contributed by atoms with Gasteiger partial charge in [-0.1, -0.05) is 267 Å². The average molecular weight is 1210 g/mol. The van der Waals surface area contributed by atoms with Gasteiger partial charge in [0.25, 0.3) is 7.82 Å². The number of esters is 2. The molecule has 0 spiro atoms. The maximum Gasteiger partial charge on any atom is 0.306 e. The van der Waals surface area contributed by atoms with Crippen LogP contribution in [0, 0.1) is 0 Å². The summed E-state index contributed by atoms with van der Waals surface area (Å²) in [4.78, 5) is 38.0. The van der Waals surface area contributed by atoms with Crippen LogP contribution < -0.4 is 4.89 Å². The van der Waals surface area contributed by atoms with Crippen molar-refractivity contribution in [1.29, 1.82) is 0 Å². The molecule has 0 bridgehead atoms. The molecule has 0 aromatic rings. The molecule has 2 atom stereocenters. The molecule has 0 aliphatic carbocycles. The Kier molecular flexibility index (Phi) is 60.9. The quantitative estimate of drug-likeness (QED) is 0.0195. The van der Waals surface area contributed by atoms with E-state index in [-0.39, 0.29) is 26.1 Å². The van der Waals surface area contributed by atoms with Crippen LogP contribution in [0.5, 0.6) is 0 Å². The van der Waals surface area contributed by atoms with Gasteiger partial charge in [-0.05, 0) is 135 Å². The lowest BCUT2D eigenvalue weighted by Gasteiger charge is -2.28. The first-order valence-electron chi connectivity index (χ1n) is 33.5. The summed E-state index contributed by atoms with van der Waals surface area (Å²) in [5, 5.41) is 0. The standard InChI is InChI=1S/C76H122NO8P/c1-6-8-10-12-14-16-18-20-22-24-26-28-30-32-34-35-36-37-38-39-40-41-43-44-46-48-50-52-54-56-58-60-62-64-66-68-75(78)82-72-74(73-84-86(80,81)83-71-70-77(3,4)5)85-76(79)69-67-65-63-61-59-57-55-53-51-49-47-45-42-33-31-29-27-25-23-21-19-17-15-13-11-9-7-2/h8-11,14-17,20-23,26-29,32-34,36-37,39-40,42,47,49,53,55,59,61,74H,6-7,12-13,18-19,24-25,30-31,35,38,41,43-46,48,50-52,54,56-58,60,62-73H2,1-5H3/b10-8-,11-9-,16-14-,17-15-,22-20-,23-21-,28-26-,29-27-,34-32-,37-36-,40-39-,42-33-,49-47-,55-53-,61-59-. The average Bonchev–Trinajstić information content (AvgIpc) is 3.53. The van der Waals surface area contributed by atoms with E-state index >= 15 is 0 Å². The first-order valence-corrected chi connectivity index (χ1v) is 35.0. The summed E-state index contributed by atoms with van der Waals surface area (Å²) < 4.78 is 34.2. The van der Waals surface area contributed by atoms with E-state index in [4.69, 9.17) is 18.5 Å². The molecule has 0 aliphatic rings. The fourth-order valence-corrected chi connectivity index (χ4v) is 9.09. The van der Waals surface area contributed by atoms with E-state index in [1.807, 2.05) is 21.1 Å². The Labute approximate surface area is 527 Å². The van der Waals surface area contributed by atoms with Gasteiger partial charge in [0, 0.05) is 12.8 Å². The number of ether oxygens (including phenoxy) is 2. The molecule has 0 aromatic heterocycles. The molecule has 0 saturated heterocycles. The first kappa shape index (κ1) is 81.1. The van der Waals surface area contributed by atoms with Crippen LogP contribution in [0.1, 0.15) is 232 Å². The number of likely N-dealkylation sites (N-methyl/N-ethyl adjacent to an activating group) is 1. The molecule has 10 heteroatoms. The van der Waals surface area contributed by atoms with Crippen molar-refractivity contribution in [1.82, 2.24) is 0 Å². The van der Waals surface area contributed by atoms with Gasteiger partial charge in [0.15, 0.2) is 6.10 Å². The fourth-order valence-electron chi connectivity index (χ4n) is 8.36. The number of allylic oxidation sites excluding steroid dienone is 30. The summed E-state index contributed by atoms with van der Waals surface area (Å²) in [7, 11) is 1.11. The number of phosphoric acid groups is 1. The molecule has 0 N–H and O–H groups in total. The van der Waals surface area contributed by atoms with Crippen LogP contribution in [-0.2, 0) is 32.7 Å². The number of phosphoric ester groups is 1. The Morgan fingerprint density at radius 2 is 0.628 bits per heavy atom. The predicted molar refractivity (Wildman–Crippen MR) is 369 cm³/mol. The first-order chi connectivity index (χ1) is 42.0. The molecule has 484 valence electrons. The number of carbonyl (C=O) groups is 2. The van der Waals surface area contributed by atoms with Gasteiger partial charge in [0.2, 0.25) is 0 Å². The van der Waals surface area contributed by atoms with Crippen molar-refractivity contribution in [3.63, 3.8) is 0 Å². The SMILES string of the molecule is CC/C=C\C/C=C\C/C=C\C/C=C\C/C=C\C/C=C\C/C=C\C/C=C\CCCCC(=O)OC(COC(=O)CCCCCCCCCCCCCCC/C=C\C/C=C\C/C=C\C/C=C\C/C=C\C/C=C\C/C=C\CC)COP(=O)([O-])OCC[N+](C)(C)C. The van der Waals surface area contributed by atoms with E-state index in [1.54, 1.807) is 0 Å². The molecule has 0 amide bonds. The van der Waals surface area contributed by atoms with Crippen LogP contribution >= 0.6 is 7.82 Å². The minimum atomic E-state index is -4.67. The van der Waals surface area contributed by atoms with Crippen LogP contribution in [0.15, 0.2) is 182 Å². The normalized spacial score (nSPS) is 14.3. The van der Waals surface area contributed by atoms with Crippen LogP contribution in [-0.4, -0.2) is 70.0 Å². The lowest BCUT2D eigenvalue weighted by Crippen LogP contribution is -2.37. The van der Waals surface area contributed by atoms with Crippen molar-refractivity contribution >= 4 is 19.8 Å². The van der Waals surface area contributed by atoms with Gasteiger partial charge in [-0.2, -0.15) is 0 Å². The zero-order valence-electron chi connectivity index (χ0n) is 54.9. The maximum atomic E-state index is 12.8. The number of nitrogens with zero attached hydrogens (tertiary/aromatic N) is 1. The third-order valence-corrected chi connectivity index (χ3v) is 14.4. The molecule has 0 aromatic carbocycles. The second-order valence-electron chi connectivity index (χ2n) is 22.7. The lowest BCUT2D eigenvalue weighted by atomic mass is 10.0. The number of hydrogen-bond acceptors (Lipinski definition) is 8. The van der Waals surface area contributed by atoms with Crippen LogP contribution in [0.25, 0.3) is 0 Å². The molecular formula is C76H122NO8P. The summed E-state index contributed by atoms with van der Waals surface area (Å²) >= 11 is 0. The van der Waals surface area contributed by atoms with Gasteiger partial charge in [0.05, 0.1) is 27.7 Å². The molecule has 9 nitrogen and oxygen atoms in total. The molecule has 0 radical (unpaired) electrons. The highest BCUT2D eigenvalue weighted by Gasteiger charge is 2.22. The lowest BCUT2D eigenvalue weighted by molar-refractivity contribution is -0.870. The third-order valence-electron chi connectivity index (χ3n) is 13.4. The smallest absolute Gasteiger partial charge is 0.306 e. The van der Waals surface area contributed by atoms with Crippen molar-refractivity contribution < 1.29 is 42.1 Å². The Bertz CT molecular complexity index is 2100. The highest BCUT2D eigenvalue weighted by molar-refractivity contribution is 7.45. The monoisotopic (exact) mass is 1210 g/mol. The van der Waals surface area contributed by atoms with Gasteiger partial charge in [-0.3, -0.25) is 14.2 Å². The van der Waals surface area contributed by atoms with Gasteiger partial charge >= 0.3 is 11.9 Å². The number of unbranched alkanes of at least 4 members (excludes halogenated alkanes) is 15. The molecular weight excluding hydrogens is 1090 g/mol. The number of carbonyl (C=O) groups excluding carboxylic acids is 2. The largest absolute Gasteiger partial charge is 0.756 e. The van der Waals surface area contributed by atoms with Crippen molar-refractivity contribution in [2.24, 2.45) is 0 Å². The summed E-state index contributed by atoms with van der Waals surface area (Å²) in [6, 6.07) is 0. The summed E-state index contributed by atoms with van der Waals surface area (Å²) in [5.74, 6) is -0.898. The molecule has 0 aliphatic heterocycles. The zero-order valence-corrected chi connectivity index (χ0v) is 55.8. The minimum absolute atomic E-state index is 0.0496. The Morgan fingerprint density at radius 3 is 0.953 bits per heavy atom. The molecule has 0 fully saturated rings. The van der Waals surface area contributed by atoms with Gasteiger partial charge < -0.3 is 27.9 Å². The number of quaternary nitrogens is 1. The fraction of sp³-hybridized carbons (Fsp3) is 0.579. The van der Waals surface area contributed by atoms with Crippen LogP contribution in [0.2, 0.25) is 0 Å². The van der Waals surface area contributed by atoms with E-state index in [0.717, 1.165) is 128 Å². The minimum Gasteiger partial charge on any atom is -0.756 e. The zero-order chi connectivity index (χ0) is 62.6. The second kappa shape index (κ2) is 64.6. The molecule has 86 heavy (non-hydrogen) atoms. The molecule has 0 saturated carbocycles. The molecule has 0 rings (SSSR count).